The highest BCUT2D eigenvalue weighted by Crippen LogP contribution is 2.47. The van der Waals surface area contributed by atoms with Crippen molar-refractivity contribution in [1.29, 1.82) is 0 Å². The number of anilines is 1. The van der Waals surface area contributed by atoms with E-state index in [2.05, 4.69) is 0 Å². The van der Waals surface area contributed by atoms with Crippen molar-refractivity contribution in [1.82, 2.24) is 0 Å². The number of rotatable bonds is 7. The molecule has 1 rings (SSSR count). The Balaban J connectivity index is 3.27. The van der Waals surface area contributed by atoms with Crippen LogP contribution in [0.1, 0.15) is 38.2 Å². The van der Waals surface area contributed by atoms with E-state index in [-0.39, 0.29) is 12.6 Å². The van der Waals surface area contributed by atoms with Gasteiger partial charge in [0.2, 0.25) is 0 Å². The maximum atomic E-state index is 14.1. The molecule has 9 heteroatoms. The Kier molecular flexibility index (Phi) is 6.46. The summed E-state index contributed by atoms with van der Waals surface area (Å²) >= 11 is 0. The SMILES string of the molecule is CCCCCCN(C)c1cc(F)c(F)c(C(F)(F)C(F)(F)F)c1F. The average molecular weight is 363 g/mol. The summed E-state index contributed by atoms with van der Waals surface area (Å²) in [6.45, 7) is 2.03. The molecule has 0 heterocycles. The molecule has 1 nitrogen and oxygen atoms in total. The number of hydrogen-bond donors (Lipinski definition) is 0. The lowest BCUT2D eigenvalue weighted by molar-refractivity contribution is -0.291. The van der Waals surface area contributed by atoms with Crippen LogP contribution >= 0.6 is 0 Å². The quantitative estimate of drug-likeness (QED) is 0.337. The Morgan fingerprint density at radius 1 is 0.917 bits per heavy atom. The third kappa shape index (κ3) is 4.10. The Labute approximate surface area is 134 Å². The second kappa shape index (κ2) is 7.57. The molecular weight excluding hydrogens is 346 g/mol. The van der Waals surface area contributed by atoms with E-state index in [4.69, 9.17) is 0 Å². The van der Waals surface area contributed by atoms with E-state index in [1.165, 1.54) is 7.05 Å². The van der Waals surface area contributed by atoms with E-state index >= 15 is 0 Å². The van der Waals surface area contributed by atoms with Crippen LogP contribution in [0.15, 0.2) is 6.07 Å². The molecule has 0 radical (unpaired) electrons. The van der Waals surface area contributed by atoms with Crippen molar-refractivity contribution in [2.45, 2.75) is 44.7 Å². The van der Waals surface area contributed by atoms with Gasteiger partial charge in [-0.25, -0.2) is 13.2 Å². The van der Waals surface area contributed by atoms with Gasteiger partial charge in [0.1, 0.15) is 5.56 Å². The molecule has 0 bridgehead atoms. The van der Waals surface area contributed by atoms with Gasteiger partial charge in [0, 0.05) is 19.7 Å². The second-order valence-electron chi connectivity index (χ2n) is 5.43. The van der Waals surface area contributed by atoms with Crippen LogP contribution in [0.5, 0.6) is 0 Å². The molecule has 0 amide bonds. The van der Waals surface area contributed by atoms with Gasteiger partial charge in [-0.15, -0.1) is 0 Å². The summed E-state index contributed by atoms with van der Waals surface area (Å²) in [4.78, 5) is 0.990. The van der Waals surface area contributed by atoms with Crippen molar-refractivity contribution in [2.24, 2.45) is 0 Å². The number of halogens is 8. The zero-order chi connectivity index (χ0) is 18.7. The van der Waals surface area contributed by atoms with Crippen LogP contribution in [-0.4, -0.2) is 19.8 Å². The Hall–Kier alpha value is -1.54. The molecule has 0 atom stereocenters. The fourth-order valence-corrected chi connectivity index (χ4v) is 2.18. The van der Waals surface area contributed by atoms with E-state index in [0.717, 1.165) is 24.2 Å². The standard InChI is InChI=1S/C15H17F8N/c1-3-4-5-6-7-24(2)10-8-9(16)12(17)11(13(10)18)14(19,20)15(21,22)23/h8H,3-7H2,1-2H3. The van der Waals surface area contributed by atoms with Crippen molar-refractivity contribution < 1.29 is 35.1 Å². The number of alkyl halides is 5. The maximum absolute atomic E-state index is 14.1. The number of unbranched alkanes of at least 4 members (excludes halogenated alkanes) is 3. The van der Waals surface area contributed by atoms with Gasteiger partial charge in [0.05, 0.1) is 5.69 Å². The van der Waals surface area contributed by atoms with Crippen LogP contribution in [0.2, 0.25) is 0 Å². The van der Waals surface area contributed by atoms with Crippen molar-refractivity contribution in [3.8, 4) is 0 Å². The molecule has 0 unspecified atom stereocenters. The molecule has 138 valence electrons. The predicted octanol–water partition coefficient (Wildman–Crippen LogP) is 5.77. The summed E-state index contributed by atoms with van der Waals surface area (Å²) in [5.41, 5.74) is -3.46. The molecule has 0 aliphatic carbocycles. The first kappa shape index (κ1) is 20.5. The van der Waals surface area contributed by atoms with Crippen LogP contribution in [0.4, 0.5) is 40.8 Å². The van der Waals surface area contributed by atoms with Crippen LogP contribution in [0, 0.1) is 17.5 Å². The number of hydrogen-bond acceptors (Lipinski definition) is 1. The highest BCUT2D eigenvalue weighted by Gasteiger charge is 2.62. The van der Waals surface area contributed by atoms with Gasteiger partial charge in [-0.05, 0) is 6.42 Å². The molecule has 0 aliphatic rings. The van der Waals surface area contributed by atoms with E-state index < -0.39 is 40.8 Å². The van der Waals surface area contributed by atoms with Crippen molar-refractivity contribution in [3.05, 3.63) is 29.1 Å². The third-order valence-corrected chi connectivity index (χ3v) is 3.57. The molecule has 0 saturated carbocycles. The molecule has 1 aromatic carbocycles. The summed E-state index contributed by atoms with van der Waals surface area (Å²) in [6.07, 6.45) is -3.29. The average Bonchev–Trinajstić information content (AvgIpc) is 2.46. The zero-order valence-corrected chi connectivity index (χ0v) is 13.1. The van der Waals surface area contributed by atoms with Crippen LogP contribution < -0.4 is 4.90 Å². The summed E-state index contributed by atoms with van der Waals surface area (Å²) in [5, 5.41) is 0. The molecule has 1 aromatic rings. The Morgan fingerprint density at radius 3 is 2.00 bits per heavy atom. The fourth-order valence-electron chi connectivity index (χ4n) is 2.18. The number of benzene rings is 1. The minimum Gasteiger partial charge on any atom is -0.372 e. The summed E-state index contributed by atoms with van der Waals surface area (Å²) in [7, 11) is 1.21. The van der Waals surface area contributed by atoms with Crippen molar-refractivity contribution in [3.63, 3.8) is 0 Å². The summed E-state index contributed by atoms with van der Waals surface area (Å²) < 4.78 is 105. The van der Waals surface area contributed by atoms with Crippen molar-refractivity contribution >= 4 is 5.69 Å². The molecular formula is C15H17F8N. The van der Waals surface area contributed by atoms with E-state index in [9.17, 15) is 35.1 Å². The highest BCUT2D eigenvalue weighted by molar-refractivity contribution is 5.52. The highest BCUT2D eigenvalue weighted by atomic mass is 19.4. The second-order valence-corrected chi connectivity index (χ2v) is 5.43. The molecule has 0 spiro atoms. The lowest BCUT2D eigenvalue weighted by Gasteiger charge is -2.25. The van der Waals surface area contributed by atoms with Gasteiger partial charge >= 0.3 is 12.1 Å². The minimum absolute atomic E-state index is 0.0963. The lowest BCUT2D eigenvalue weighted by atomic mass is 10.0. The van der Waals surface area contributed by atoms with E-state index in [1.54, 1.807) is 0 Å². The van der Waals surface area contributed by atoms with Gasteiger partial charge in [-0.2, -0.15) is 22.0 Å². The van der Waals surface area contributed by atoms with Gasteiger partial charge in [0.25, 0.3) is 0 Å². The van der Waals surface area contributed by atoms with E-state index in [1.807, 2.05) is 6.92 Å². The van der Waals surface area contributed by atoms with Gasteiger partial charge < -0.3 is 4.90 Å². The molecule has 24 heavy (non-hydrogen) atoms. The van der Waals surface area contributed by atoms with Crippen LogP contribution in [-0.2, 0) is 5.92 Å². The maximum Gasteiger partial charge on any atom is 0.458 e. The molecule has 0 saturated heterocycles. The minimum atomic E-state index is -6.25. The monoisotopic (exact) mass is 363 g/mol. The third-order valence-electron chi connectivity index (χ3n) is 3.57. The Bertz CT molecular complexity index is 568. The smallest absolute Gasteiger partial charge is 0.372 e. The predicted molar refractivity (Wildman–Crippen MR) is 73.7 cm³/mol. The van der Waals surface area contributed by atoms with Gasteiger partial charge in [-0.3, -0.25) is 0 Å². The first-order chi connectivity index (χ1) is 10.9. The van der Waals surface area contributed by atoms with Crippen molar-refractivity contribution in [2.75, 3.05) is 18.5 Å². The summed E-state index contributed by atoms with van der Waals surface area (Å²) in [5.74, 6) is -12.5. The fraction of sp³-hybridized carbons (Fsp3) is 0.600. The van der Waals surface area contributed by atoms with Crippen LogP contribution in [0.3, 0.4) is 0 Å². The zero-order valence-electron chi connectivity index (χ0n) is 13.1. The van der Waals surface area contributed by atoms with Crippen LogP contribution in [0.25, 0.3) is 0 Å². The first-order valence-corrected chi connectivity index (χ1v) is 7.28. The summed E-state index contributed by atoms with van der Waals surface area (Å²) in [6, 6.07) is 0.278. The van der Waals surface area contributed by atoms with Gasteiger partial charge in [0.15, 0.2) is 17.5 Å². The molecule has 0 aromatic heterocycles. The number of nitrogens with zero attached hydrogens (tertiary/aromatic N) is 1. The first-order valence-electron chi connectivity index (χ1n) is 7.28. The molecule has 0 aliphatic heterocycles. The lowest BCUT2D eigenvalue weighted by Crippen LogP contribution is -2.36. The molecule has 0 N–H and O–H groups in total. The normalized spacial score (nSPS) is 12.6. The topological polar surface area (TPSA) is 3.24 Å². The van der Waals surface area contributed by atoms with Gasteiger partial charge in [-0.1, -0.05) is 26.2 Å². The molecule has 0 fully saturated rings. The Morgan fingerprint density at radius 2 is 1.50 bits per heavy atom. The largest absolute Gasteiger partial charge is 0.458 e. The van der Waals surface area contributed by atoms with E-state index in [0.29, 0.717) is 6.42 Å².